The van der Waals surface area contributed by atoms with Gasteiger partial charge >= 0.3 is 5.97 Å². The van der Waals surface area contributed by atoms with Gasteiger partial charge in [-0.3, -0.25) is 19.3 Å². The van der Waals surface area contributed by atoms with Gasteiger partial charge in [0.15, 0.2) is 0 Å². The molecule has 10 heteroatoms. The van der Waals surface area contributed by atoms with Gasteiger partial charge in [-0.15, -0.1) is 0 Å². The second-order valence-corrected chi connectivity index (χ2v) is 8.81. The Balaban J connectivity index is 1.83. The van der Waals surface area contributed by atoms with Crippen molar-refractivity contribution in [3.63, 3.8) is 0 Å². The molecule has 0 saturated carbocycles. The van der Waals surface area contributed by atoms with E-state index in [1.54, 1.807) is 24.3 Å². The fraction of sp³-hybridized carbons (Fsp3) is 0.360. The van der Waals surface area contributed by atoms with Crippen molar-refractivity contribution in [3.8, 4) is 11.5 Å². The van der Waals surface area contributed by atoms with Gasteiger partial charge in [0.1, 0.15) is 23.6 Å². The lowest BCUT2D eigenvalue weighted by molar-refractivity contribution is -0.148. The number of amides is 3. The molecule has 0 radical (unpaired) electrons. The van der Waals surface area contributed by atoms with Crippen LogP contribution in [0.3, 0.4) is 0 Å². The minimum atomic E-state index is -1.29. The summed E-state index contributed by atoms with van der Waals surface area (Å²) in [5.41, 5.74) is 0.954. The maximum Gasteiger partial charge on any atom is 0.339 e. The lowest BCUT2D eigenvalue weighted by atomic mass is 9.90. The number of hydrogen-bond donors (Lipinski definition) is 3. The van der Waals surface area contributed by atoms with Gasteiger partial charge in [0.05, 0.1) is 13.0 Å². The number of hydrogen-bond acceptors (Lipinski definition) is 6. The van der Waals surface area contributed by atoms with E-state index in [0.717, 1.165) is 4.90 Å². The van der Waals surface area contributed by atoms with Crippen molar-refractivity contribution in [2.75, 3.05) is 20.2 Å². The van der Waals surface area contributed by atoms with Crippen molar-refractivity contribution in [2.24, 2.45) is 5.92 Å². The number of carbonyl (C=O) groups is 4. The summed E-state index contributed by atoms with van der Waals surface area (Å²) >= 11 is 6.11. The summed E-state index contributed by atoms with van der Waals surface area (Å²) in [4.78, 5) is 51.2. The smallest absolute Gasteiger partial charge is 0.339 e. The van der Waals surface area contributed by atoms with Gasteiger partial charge in [0.2, 0.25) is 17.7 Å². The number of nitrogens with zero attached hydrogens (tertiary/aromatic N) is 1. The number of carbonyl (C=O) groups excluding carboxylic acids is 3. The van der Waals surface area contributed by atoms with Gasteiger partial charge < -0.3 is 20.3 Å². The third-order valence-corrected chi connectivity index (χ3v) is 6.34. The Morgan fingerprint density at radius 1 is 1.23 bits per heavy atom. The summed E-state index contributed by atoms with van der Waals surface area (Å²) in [5, 5.41) is 22.2. The molecule has 1 fully saturated rings. The number of imide groups is 1. The van der Waals surface area contributed by atoms with Crippen molar-refractivity contribution in [1.82, 2.24) is 10.2 Å². The molecule has 1 heterocycles. The number of ether oxygens (including phenoxy) is 1. The van der Waals surface area contributed by atoms with Crippen LogP contribution in [0.2, 0.25) is 5.02 Å². The Kier molecular flexibility index (Phi) is 8.34. The molecule has 2 aromatic rings. The highest BCUT2D eigenvalue weighted by Gasteiger charge is 2.35. The van der Waals surface area contributed by atoms with Gasteiger partial charge in [-0.05, 0) is 60.2 Å². The minimum absolute atomic E-state index is 0.0637. The van der Waals surface area contributed by atoms with E-state index < -0.39 is 42.1 Å². The van der Waals surface area contributed by atoms with Gasteiger partial charge in [-0.25, -0.2) is 4.79 Å². The fourth-order valence-electron chi connectivity index (χ4n) is 4.16. The van der Waals surface area contributed by atoms with Crippen LogP contribution >= 0.6 is 11.6 Å². The largest absolute Gasteiger partial charge is 0.507 e. The standard InChI is InChI=1S/C25H27ClN2O7/c1-3-14(15-4-6-20(29)19(10-15)25(33)34)11-23(31)28-13-22(30)27-12-17(24(28)32)8-16-9-18(26)5-7-21(16)35-2/h4-7,9-10,14,17,29H,3,8,11-13H2,1-2H3,(H,27,30)(H,33,34)/t14-,17+/m0/s1. The molecule has 0 aromatic heterocycles. The van der Waals surface area contributed by atoms with Crippen molar-refractivity contribution < 1.29 is 34.1 Å². The lowest BCUT2D eigenvalue weighted by Gasteiger charge is -2.24. The second kappa shape index (κ2) is 11.2. The van der Waals surface area contributed by atoms with Crippen LogP contribution in [-0.2, 0) is 20.8 Å². The molecular formula is C25H27ClN2O7. The first-order valence-electron chi connectivity index (χ1n) is 11.1. The predicted octanol–water partition coefficient (Wildman–Crippen LogP) is 2.98. The van der Waals surface area contributed by atoms with E-state index in [-0.39, 0.29) is 30.7 Å². The van der Waals surface area contributed by atoms with Crippen LogP contribution in [0.4, 0.5) is 0 Å². The summed E-state index contributed by atoms with van der Waals surface area (Å²) in [6.45, 7) is 1.50. The number of nitrogens with one attached hydrogen (secondary N) is 1. The van der Waals surface area contributed by atoms with Crippen LogP contribution in [0, 0.1) is 5.92 Å². The van der Waals surface area contributed by atoms with Crippen LogP contribution in [-0.4, -0.2) is 59.0 Å². The quantitative estimate of drug-likeness (QED) is 0.505. The zero-order valence-corrected chi connectivity index (χ0v) is 20.2. The maximum atomic E-state index is 13.3. The minimum Gasteiger partial charge on any atom is -0.507 e. The molecule has 0 aliphatic carbocycles. The number of benzene rings is 2. The molecular weight excluding hydrogens is 476 g/mol. The van der Waals surface area contributed by atoms with Gasteiger partial charge in [-0.1, -0.05) is 24.6 Å². The zero-order valence-electron chi connectivity index (χ0n) is 19.4. The van der Waals surface area contributed by atoms with Crippen molar-refractivity contribution in [1.29, 1.82) is 0 Å². The third kappa shape index (κ3) is 6.10. The van der Waals surface area contributed by atoms with E-state index in [9.17, 15) is 29.4 Å². The Morgan fingerprint density at radius 3 is 2.63 bits per heavy atom. The number of phenols is 1. The molecule has 3 N–H and O–H groups in total. The molecule has 3 rings (SSSR count). The average Bonchev–Trinajstić information content (AvgIpc) is 2.96. The Morgan fingerprint density at radius 2 is 1.97 bits per heavy atom. The Labute approximate surface area is 207 Å². The molecule has 2 aromatic carbocycles. The normalized spacial score (nSPS) is 16.9. The highest BCUT2D eigenvalue weighted by Crippen LogP contribution is 2.30. The molecule has 186 valence electrons. The van der Waals surface area contributed by atoms with Crippen LogP contribution in [0.1, 0.15) is 47.2 Å². The first-order valence-corrected chi connectivity index (χ1v) is 11.5. The number of carboxylic acid groups (broad SMARTS) is 1. The molecule has 1 saturated heterocycles. The molecule has 35 heavy (non-hydrogen) atoms. The van der Waals surface area contributed by atoms with E-state index in [2.05, 4.69) is 5.32 Å². The lowest BCUT2D eigenvalue weighted by Crippen LogP contribution is -2.43. The summed E-state index contributed by atoms with van der Waals surface area (Å²) in [5.74, 6) is -3.70. The Bertz CT molecular complexity index is 1150. The predicted molar refractivity (Wildman–Crippen MR) is 128 cm³/mol. The summed E-state index contributed by atoms with van der Waals surface area (Å²) < 4.78 is 5.36. The van der Waals surface area contributed by atoms with Crippen molar-refractivity contribution in [2.45, 2.75) is 32.1 Å². The number of carboxylic acids is 1. The number of methoxy groups -OCH3 is 1. The van der Waals surface area contributed by atoms with Gasteiger partial charge in [0.25, 0.3) is 0 Å². The third-order valence-electron chi connectivity index (χ3n) is 6.11. The number of aromatic hydroxyl groups is 1. The topological polar surface area (TPSA) is 133 Å². The van der Waals surface area contributed by atoms with Gasteiger partial charge in [0, 0.05) is 18.0 Å². The SMILES string of the molecule is CC[C@@H](CC(=O)N1CC(=O)NC[C@@H](Cc2cc(Cl)ccc2OC)C1=O)c1ccc(O)c(C(=O)O)c1. The fourth-order valence-corrected chi connectivity index (χ4v) is 4.36. The average molecular weight is 503 g/mol. The van der Waals surface area contributed by atoms with Crippen LogP contribution in [0.5, 0.6) is 11.5 Å². The second-order valence-electron chi connectivity index (χ2n) is 8.37. The van der Waals surface area contributed by atoms with E-state index in [0.29, 0.717) is 28.3 Å². The molecule has 1 aliphatic rings. The van der Waals surface area contributed by atoms with Gasteiger partial charge in [-0.2, -0.15) is 0 Å². The van der Waals surface area contributed by atoms with Crippen LogP contribution in [0.25, 0.3) is 0 Å². The Hall–Kier alpha value is -3.59. The molecule has 3 amide bonds. The number of halogens is 1. The van der Waals surface area contributed by atoms with E-state index >= 15 is 0 Å². The monoisotopic (exact) mass is 502 g/mol. The summed E-state index contributed by atoms with van der Waals surface area (Å²) in [7, 11) is 1.50. The summed E-state index contributed by atoms with van der Waals surface area (Å²) in [6, 6.07) is 9.18. The first kappa shape index (κ1) is 26.0. The van der Waals surface area contributed by atoms with E-state index in [1.165, 1.54) is 19.2 Å². The highest BCUT2D eigenvalue weighted by atomic mass is 35.5. The molecule has 9 nitrogen and oxygen atoms in total. The maximum absolute atomic E-state index is 13.3. The van der Waals surface area contributed by atoms with Crippen molar-refractivity contribution in [3.05, 3.63) is 58.1 Å². The summed E-state index contributed by atoms with van der Waals surface area (Å²) in [6.07, 6.45) is 0.587. The molecule has 0 spiro atoms. The molecule has 0 bridgehead atoms. The number of aromatic carboxylic acids is 1. The molecule has 1 aliphatic heterocycles. The van der Waals surface area contributed by atoms with Crippen LogP contribution < -0.4 is 10.1 Å². The molecule has 0 unspecified atom stereocenters. The first-order chi connectivity index (χ1) is 16.6. The van der Waals surface area contributed by atoms with Crippen molar-refractivity contribution >= 4 is 35.3 Å². The zero-order chi connectivity index (χ0) is 25.7. The number of rotatable bonds is 8. The van der Waals surface area contributed by atoms with E-state index in [1.807, 2.05) is 6.92 Å². The van der Waals surface area contributed by atoms with E-state index in [4.69, 9.17) is 16.3 Å². The molecule has 2 atom stereocenters. The van der Waals surface area contributed by atoms with Crippen LogP contribution in [0.15, 0.2) is 36.4 Å². The highest BCUT2D eigenvalue weighted by molar-refractivity contribution is 6.30.